The minimum Gasteiger partial charge on any atom is -0.383 e. The maximum atomic E-state index is 12.3. The quantitative estimate of drug-likeness (QED) is 0.772. The van der Waals surface area contributed by atoms with Crippen LogP contribution in [-0.2, 0) is 9.84 Å². The molecule has 0 heterocycles. The number of hydrogen-bond acceptors (Lipinski definition) is 4. The molecule has 0 radical (unpaired) electrons. The maximum Gasteiger partial charge on any atom is 0.180 e. The summed E-state index contributed by atoms with van der Waals surface area (Å²) in [5.41, 5.74) is 6.65. The van der Waals surface area contributed by atoms with Gasteiger partial charge >= 0.3 is 0 Å². The van der Waals surface area contributed by atoms with E-state index in [1.165, 1.54) is 12.8 Å². The van der Waals surface area contributed by atoms with E-state index in [0.29, 0.717) is 17.9 Å². The number of anilines is 1. The smallest absolute Gasteiger partial charge is 0.180 e. The van der Waals surface area contributed by atoms with Gasteiger partial charge in [-0.3, -0.25) is 0 Å². The largest absolute Gasteiger partial charge is 0.383 e. The highest BCUT2D eigenvalue weighted by Gasteiger charge is 2.41. The van der Waals surface area contributed by atoms with E-state index in [1.807, 2.05) is 19.1 Å². The molecule has 112 valence electrons. The second kappa shape index (κ2) is 6.14. The predicted octanol–water partition coefficient (Wildman–Crippen LogP) is 2.41. The Balaban J connectivity index is 2.13. The second-order valence-electron chi connectivity index (χ2n) is 5.71. The summed E-state index contributed by atoms with van der Waals surface area (Å²) in [7, 11) is -3.19. The molecule has 0 aliphatic heterocycles. The summed E-state index contributed by atoms with van der Waals surface area (Å²) < 4.78 is 24.5. The van der Waals surface area contributed by atoms with Gasteiger partial charge in [0.2, 0.25) is 0 Å². The van der Waals surface area contributed by atoms with E-state index in [4.69, 9.17) is 5.73 Å². The zero-order valence-corrected chi connectivity index (χ0v) is 12.9. The van der Waals surface area contributed by atoms with Gasteiger partial charge in [-0.05, 0) is 49.8 Å². The van der Waals surface area contributed by atoms with Crippen LogP contribution in [0.2, 0.25) is 0 Å². The first-order valence-electron chi connectivity index (χ1n) is 7.29. The molecule has 0 atom stereocenters. The molecule has 1 aromatic carbocycles. The molecule has 0 amide bonds. The summed E-state index contributed by atoms with van der Waals surface area (Å²) in [5.74, 6) is 0.194. The van der Waals surface area contributed by atoms with Crippen molar-refractivity contribution in [3.8, 4) is 0 Å². The highest BCUT2D eigenvalue weighted by atomic mass is 32.2. The van der Waals surface area contributed by atoms with Gasteiger partial charge in [0.15, 0.2) is 9.84 Å². The number of sulfone groups is 1. The van der Waals surface area contributed by atoms with E-state index in [2.05, 4.69) is 5.32 Å². The van der Waals surface area contributed by atoms with Crippen LogP contribution < -0.4 is 11.1 Å². The van der Waals surface area contributed by atoms with E-state index >= 15 is 0 Å². The van der Waals surface area contributed by atoms with Crippen LogP contribution in [0.4, 0.5) is 5.69 Å². The second-order valence-corrected chi connectivity index (χ2v) is 7.78. The molecule has 0 bridgehead atoms. The average molecular weight is 296 g/mol. The topological polar surface area (TPSA) is 72.2 Å². The van der Waals surface area contributed by atoms with E-state index in [9.17, 15) is 8.42 Å². The van der Waals surface area contributed by atoms with Crippen molar-refractivity contribution >= 4 is 15.5 Å². The molecular formula is C15H24N2O2S. The van der Waals surface area contributed by atoms with Crippen LogP contribution in [0.5, 0.6) is 0 Å². The summed E-state index contributed by atoms with van der Waals surface area (Å²) in [6.45, 7) is 3.38. The molecule has 0 spiro atoms. The van der Waals surface area contributed by atoms with Crippen molar-refractivity contribution in [1.29, 1.82) is 0 Å². The minimum atomic E-state index is -3.19. The predicted molar refractivity (Wildman–Crippen MR) is 82.6 cm³/mol. The number of nitrogens with one attached hydrogen (secondary N) is 1. The molecule has 1 saturated carbocycles. The van der Waals surface area contributed by atoms with Crippen LogP contribution in [0.15, 0.2) is 29.2 Å². The van der Waals surface area contributed by atoms with Gasteiger partial charge in [-0.1, -0.05) is 19.1 Å². The third-order valence-electron chi connectivity index (χ3n) is 3.98. The van der Waals surface area contributed by atoms with Crippen molar-refractivity contribution in [2.24, 2.45) is 11.1 Å². The lowest BCUT2D eigenvalue weighted by atomic mass is 10.0. The summed E-state index contributed by atoms with van der Waals surface area (Å²) in [4.78, 5) is 0.422. The summed E-state index contributed by atoms with van der Waals surface area (Å²) in [6, 6.07) is 7.19. The fraction of sp³-hybridized carbons (Fsp3) is 0.600. The maximum absolute atomic E-state index is 12.3. The van der Waals surface area contributed by atoms with Crippen molar-refractivity contribution in [2.75, 3.05) is 24.2 Å². The first-order chi connectivity index (χ1) is 9.53. The zero-order valence-electron chi connectivity index (χ0n) is 12.1. The van der Waals surface area contributed by atoms with E-state index < -0.39 is 9.84 Å². The van der Waals surface area contributed by atoms with Crippen LogP contribution in [0.1, 0.15) is 32.6 Å². The lowest BCUT2D eigenvalue weighted by Gasteiger charge is -2.18. The van der Waals surface area contributed by atoms with Crippen LogP contribution in [0.3, 0.4) is 0 Å². The SMILES string of the molecule is CCCS(=O)(=O)c1ccccc1NCC1(CCN)CC1. The average Bonchev–Trinajstić information content (AvgIpc) is 3.17. The van der Waals surface area contributed by atoms with Crippen molar-refractivity contribution in [3.63, 3.8) is 0 Å². The molecule has 0 unspecified atom stereocenters. The van der Waals surface area contributed by atoms with Crippen molar-refractivity contribution in [2.45, 2.75) is 37.5 Å². The van der Waals surface area contributed by atoms with Crippen molar-refractivity contribution in [3.05, 3.63) is 24.3 Å². The van der Waals surface area contributed by atoms with Gasteiger partial charge < -0.3 is 11.1 Å². The molecule has 0 saturated heterocycles. The van der Waals surface area contributed by atoms with Crippen LogP contribution >= 0.6 is 0 Å². The highest BCUT2D eigenvalue weighted by Crippen LogP contribution is 2.48. The zero-order chi connectivity index (χ0) is 14.6. The molecule has 20 heavy (non-hydrogen) atoms. The number of rotatable bonds is 8. The molecule has 2 rings (SSSR count). The molecule has 1 aromatic rings. The van der Waals surface area contributed by atoms with Gasteiger partial charge in [0.25, 0.3) is 0 Å². The van der Waals surface area contributed by atoms with E-state index in [0.717, 1.165) is 18.7 Å². The molecular weight excluding hydrogens is 272 g/mol. The Labute approximate surface area is 121 Å². The third-order valence-corrected chi connectivity index (χ3v) is 5.95. The summed E-state index contributed by atoms with van der Waals surface area (Å²) in [5, 5.41) is 3.33. The Morgan fingerprint density at radius 2 is 2.00 bits per heavy atom. The fourth-order valence-electron chi connectivity index (χ4n) is 2.54. The molecule has 4 nitrogen and oxygen atoms in total. The number of hydrogen-bond donors (Lipinski definition) is 2. The van der Waals surface area contributed by atoms with Gasteiger partial charge in [-0.2, -0.15) is 0 Å². The normalized spacial score (nSPS) is 16.9. The number of benzene rings is 1. The van der Waals surface area contributed by atoms with E-state index in [-0.39, 0.29) is 11.2 Å². The van der Waals surface area contributed by atoms with Crippen LogP contribution in [-0.4, -0.2) is 27.3 Å². The fourth-order valence-corrected chi connectivity index (χ4v) is 4.06. The molecule has 5 heteroatoms. The summed E-state index contributed by atoms with van der Waals surface area (Å²) in [6.07, 6.45) is 4.00. The van der Waals surface area contributed by atoms with Gasteiger partial charge in [-0.25, -0.2) is 8.42 Å². The highest BCUT2D eigenvalue weighted by molar-refractivity contribution is 7.91. The van der Waals surface area contributed by atoms with Crippen molar-refractivity contribution in [1.82, 2.24) is 0 Å². The molecule has 3 N–H and O–H groups in total. The molecule has 0 aromatic heterocycles. The lowest BCUT2D eigenvalue weighted by Crippen LogP contribution is -2.20. The van der Waals surface area contributed by atoms with E-state index in [1.54, 1.807) is 12.1 Å². The first kappa shape index (κ1) is 15.3. The Bertz CT molecular complexity index is 551. The first-order valence-corrected chi connectivity index (χ1v) is 8.94. The summed E-state index contributed by atoms with van der Waals surface area (Å²) >= 11 is 0. The van der Waals surface area contributed by atoms with Crippen LogP contribution in [0.25, 0.3) is 0 Å². The third kappa shape index (κ3) is 3.52. The number of para-hydroxylation sites is 1. The molecule has 1 aliphatic carbocycles. The monoisotopic (exact) mass is 296 g/mol. The van der Waals surface area contributed by atoms with Gasteiger partial charge in [-0.15, -0.1) is 0 Å². The minimum absolute atomic E-state index is 0.194. The Morgan fingerprint density at radius 1 is 1.30 bits per heavy atom. The Hall–Kier alpha value is -1.07. The van der Waals surface area contributed by atoms with Gasteiger partial charge in [0.05, 0.1) is 16.3 Å². The van der Waals surface area contributed by atoms with Crippen molar-refractivity contribution < 1.29 is 8.42 Å². The van der Waals surface area contributed by atoms with Gasteiger partial charge in [0, 0.05) is 6.54 Å². The lowest BCUT2D eigenvalue weighted by molar-refractivity contribution is 0.500. The number of nitrogens with two attached hydrogens (primary N) is 1. The molecule has 1 aliphatic rings. The van der Waals surface area contributed by atoms with Gasteiger partial charge in [0.1, 0.15) is 0 Å². The van der Waals surface area contributed by atoms with Crippen LogP contribution in [0, 0.1) is 5.41 Å². The Kier molecular flexibility index (Phi) is 4.70. The standard InChI is InChI=1S/C15H24N2O2S/c1-2-11-20(18,19)14-6-4-3-5-13(14)17-12-15(7-8-15)9-10-16/h3-6,17H,2,7-12,16H2,1H3. The molecule has 1 fully saturated rings. The Morgan fingerprint density at radius 3 is 2.60 bits per heavy atom.